The lowest BCUT2D eigenvalue weighted by molar-refractivity contribution is -0.122. The molecular formula is C43H74O5SSi2. The molecule has 290 valence electrons. The Morgan fingerprint density at radius 2 is 1.47 bits per heavy atom. The number of allylic oxidation sites excluding steroid dienone is 1. The molecule has 8 heteroatoms. The molecule has 0 unspecified atom stereocenters. The van der Waals surface area contributed by atoms with Gasteiger partial charge in [0.05, 0.1) is 25.9 Å². The first-order chi connectivity index (χ1) is 23.9. The van der Waals surface area contributed by atoms with Crippen molar-refractivity contribution in [3.8, 4) is 5.75 Å². The first kappa shape index (κ1) is 45.8. The summed E-state index contributed by atoms with van der Waals surface area (Å²) in [6, 6.07) is 21.0. The van der Waals surface area contributed by atoms with E-state index in [9.17, 15) is 0 Å². The van der Waals surface area contributed by atoms with Crippen LogP contribution in [0.3, 0.4) is 0 Å². The Labute approximate surface area is 320 Å². The summed E-state index contributed by atoms with van der Waals surface area (Å²) in [5.41, 5.74) is 2.83. The fraction of sp³-hybridized carbons (Fsp3) is 0.674. The van der Waals surface area contributed by atoms with Crippen LogP contribution in [0.25, 0.3) is 0 Å². The highest BCUT2D eigenvalue weighted by molar-refractivity contribution is 7.99. The first-order valence-corrected chi connectivity index (χ1v) is 25.7. The normalized spacial score (nSPS) is 16.8. The minimum atomic E-state index is -2.12. The molecule has 0 saturated carbocycles. The van der Waals surface area contributed by atoms with Crippen LogP contribution in [0.1, 0.15) is 88.1 Å². The molecule has 0 aliphatic rings. The van der Waals surface area contributed by atoms with Gasteiger partial charge in [0, 0.05) is 24.4 Å². The van der Waals surface area contributed by atoms with Crippen LogP contribution in [0, 0.1) is 17.8 Å². The van der Waals surface area contributed by atoms with Crippen molar-refractivity contribution in [1.82, 2.24) is 0 Å². The maximum atomic E-state index is 7.55. The summed E-state index contributed by atoms with van der Waals surface area (Å²) in [4.78, 5) is 1.30. The van der Waals surface area contributed by atoms with E-state index in [0.29, 0.717) is 24.0 Å². The van der Waals surface area contributed by atoms with Gasteiger partial charge in [-0.25, -0.2) is 0 Å². The van der Waals surface area contributed by atoms with Crippen LogP contribution in [0.2, 0.25) is 35.8 Å². The highest BCUT2D eigenvalue weighted by atomic mass is 32.2. The van der Waals surface area contributed by atoms with Crippen molar-refractivity contribution in [1.29, 1.82) is 0 Å². The van der Waals surface area contributed by atoms with E-state index in [0.717, 1.165) is 42.2 Å². The number of hydrogen-bond donors (Lipinski definition) is 0. The molecule has 0 aromatic heterocycles. The third-order valence-electron chi connectivity index (χ3n) is 11.2. The lowest BCUT2D eigenvalue weighted by Gasteiger charge is -2.43. The molecule has 0 spiro atoms. The third kappa shape index (κ3) is 14.1. The molecule has 0 amide bonds. The molecule has 0 fully saturated rings. The molecule has 0 saturated heterocycles. The van der Waals surface area contributed by atoms with Crippen molar-refractivity contribution >= 4 is 28.4 Å². The van der Waals surface area contributed by atoms with Crippen molar-refractivity contribution in [3.63, 3.8) is 0 Å². The summed E-state index contributed by atoms with van der Waals surface area (Å²) < 4.78 is 33.3. The van der Waals surface area contributed by atoms with Crippen molar-refractivity contribution in [3.05, 3.63) is 71.8 Å². The van der Waals surface area contributed by atoms with Gasteiger partial charge in [-0.05, 0) is 102 Å². The molecule has 0 heterocycles. The van der Waals surface area contributed by atoms with Gasteiger partial charge in [-0.2, -0.15) is 0 Å². The Morgan fingerprint density at radius 1 is 0.863 bits per heavy atom. The maximum Gasteiger partial charge on any atom is 0.195 e. The summed E-state index contributed by atoms with van der Waals surface area (Å²) in [5, 5.41) is 0.181. The standard InChI is InChI=1S/C43H74O5SSi2/c1-16-51(17-2,32(3)4)48-41(36(8)28-34(6)31-49-39-21-19-18-20-22-39)42(45-13)40(46-30-37-23-25-38(44-12)26-24-37)35(7)27-33(5)29-47-50(14,15)43(9,10)11/h18-26,28,32-35,40-42H,16-17,27,29-31H2,1-15H3/b36-28+/t33-,34+,35+,40+,41+,42-/m0/s1. The second-order valence-electron chi connectivity index (χ2n) is 16.7. The molecule has 0 N–H and O–H groups in total. The van der Waals surface area contributed by atoms with E-state index in [-0.39, 0.29) is 29.3 Å². The Bertz CT molecular complexity index is 1270. The number of rotatable bonds is 23. The zero-order valence-electron chi connectivity index (χ0n) is 35.0. The van der Waals surface area contributed by atoms with E-state index in [1.807, 2.05) is 31.0 Å². The molecule has 2 aromatic rings. The van der Waals surface area contributed by atoms with Gasteiger partial charge in [0.2, 0.25) is 0 Å². The maximum absolute atomic E-state index is 7.55. The average molecular weight is 759 g/mol. The quantitative estimate of drug-likeness (QED) is 0.0639. The van der Waals surface area contributed by atoms with Crippen LogP contribution in [0.4, 0.5) is 0 Å². The highest BCUT2D eigenvalue weighted by Gasteiger charge is 2.44. The van der Waals surface area contributed by atoms with Gasteiger partial charge in [-0.3, -0.25) is 0 Å². The van der Waals surface area contributed by atoms with Gasteiger partial charge in [0.25, 0.3) is 0 Å². The molecule has 0 radical (unpaired) electrons. The summed E-state index contributed by atoms with van der Waals surface area (Å²) >= 11 is 1.91. The van der Waals surface area contributed by atoms with Gasteiger partial charge < -0.3 is 23.1 Å². The van der Waals surface area contributed by atoms with Gasteiger partial charge in [0.15, 0.2) is 16.6 Å². The molecule has 5 nitrogen and oxygen atoms in total. The van der Waals surface area contributed by atoms with Crippen molar-refractivity contribution in [2.75, 3.05) is 26.6 Å². The Balaban J connectivity index is 2.52. The number of thioether (sulfide) groups is 1. The number of ether oxygens (including phenoxy) is 3. The summed E-state index contributed by atoms with van der Waals surface area (Å²) in [6.45, 7) is 31.4. The van der Waals surface area contributed by atoms with Crippen LogP contribution >= 0.6 is 11.8 Å². The molecule has 6 atom stereocenters. The molecule has 0 bridgehead atoms. The predicted octanol–water partition coefficient (Wildman–Crippen LogP) is 12.4. The third-order valence-corrected chi connectivity index (χ3v) is 22.2. The monoisotopic (exact) mass is 758 g/mol. The minimum absolute atomic E-state index is 0.181. The Kier molecular flexibility index (Phi) is 19.3. The zero-order valence-corrected chi connectivity index (χ0v) is 37.8. The van der Waals surface area contributed by atoms with E-state index in [4.69, 9.17) is 23.1 Å². The molecule has 51 heavy (non-hydrogen) atoms. The lowest BCUT2D eigenvalue weighted by atomic mass is 9.86. The van der Waals surface area contributed by atoms with Crippen molar-refractivity contribution in [2.24, 2.45) is 17.8 Å². The predicted molar refractivity (Wildman–Crippen MR) is 225 cm³/mol. The molecule has 2 aromatic carbocycles. The van der Waals surface area contributed by atoms with Crippen LogP contribution in [-0.4, -0.2) is 61.5 Å². The topological polar surface area (TPSA) is 46.2 Å². The van der Waals surface area contributed by atoms with Gasteiger partial charge in [0.1, 0.15) is 11.9 Å². The number of benzene rings is 2. The lowest BCUT2D eigenvalue weighted by Crippen LogP contribution is -2.52. The summed E-state index contributed by atoms with van der Waals surface area (Å²) in [7, 11) is -0.428. The smallest absolute Gasteiger partial charge is 0.195 e. The number of methoxy groups -OCH3 is 2. The van der Waals surface area contributed by atoms with Gasteiger partial charge in [-0.1, -0.05) is 106 Å². The summed E-state index contributed by atoms with van der Waals surface area (Å²) in [6.07, 6.45) is 2.71. The molecule has 0 aliphatic carbocycles. The Hall–Kier alpha value is -1.40. The average Bonchev–Trinajstić information content (AvgIpc) is 3.09. The van der Waals surface area contributed by atoms with E-state index in [2.05, 4.69) is 138 Å². The van der Waals surface area contributed by atoms with Crippen LogP contribution in [0.15, 0.2) is 71.1 Å². The van der Waals surface area contributed by atoms with E-state index >= 15 is 0 Å². The van der Waals surface area contributed by atoms with Crippen LogP contribution < -0.4 is 4.74 Å². The minimum Gasteiger partial charge on any atom is -0.497 e. The highest BCUT2D eigenvalue weighted by Crippen LogP contribution is 2.39. The van der Waals surface area contributed by atoms with Crippen LogP contribution in [-0.2, 0) is 24.9 Å². The Morgan fingerprint density at radius 3 is 1.98 bits per heavy atom. The fourth-order valence-electron chi connectivity index (χ4n) is 6.71. The number of hydrogen-bond acceptors (Lipinski definition) is 6. The fourth-order valence-corrected chi connectivity index (χ4v) is 12.3. The van der Waals surface area contributed by atoms with Crippen LogP contribution in [0.5, 0.6) is 5.75 Å². The van der Waals surface area contributed by atoms with Gasteiger partial charge in [-0.15, -0.1) is 11.8 Å². The summed E-state index contributed by atoms with van der Waals surface area (Å²) in [5.74, 6) is 2.78. The van der Waals surface area contributed by atoms with Crippen molar-refractivity contribution in [2.45, 2.75) is 148 Å². The van der Waals surface area contributed by atoms with E-state index < -0.39 is 16.6 Å². The SMILES string of the molecule is CC[Si](CC)(O[C@H](/C(C)=C/[C@@H](C)CSc1ccccc1)[C@@H](OC)[C@H](OCc1ccc(OC)cc1)[C@H](C)C[C@H](C)CO[Si](C)(C)C(C)(C)C)C(C)C. The van der Waals surface area contributed by atoms with E-state index in [1.54, 1.807) is 7.11 Å². The van der Waals surface area contributed by atoms with E-state index in [1.165, 1.54) is 10.5 Å². The zero-order chi connectivity index (χ0) is 38.4. The first-order valence-electron chi connectivity index (χ1n) is 19.4. The second-order valence-corrected chi connectivity index (χ2v) is 27.5. The molecular weight excluding hydrogens is 685 g/mol. The van der Waals surface area contributed by atoms with Gasteiger partial charge >= 0.3 is 0 Å². The largest absolute Gasteiger partial charge is 0.497 e. The molecule has 2 rings (SSSR count). The van der Waals surface area contributed by atoms with Crippen molar-refractivity contribution < 1.29 is 23.1 Å². The second kappa shape index (κ2) is 21.5. The molecule has 0 aliphatic heterocycles.